The maximum absolute atomic E-state index is 12.0. The van der Waals surface area contributed by atoms with Gasteiger partial charge in [-0.2, -0.15) is 0 Å². The van der Waals surface area contributed by atoms with Gasteiger partial charge >= 0.3 is 6.09 Å². The molecule has 0 aliphatic rings. The van der Waals surface area contributed by atoms with Crippen LogP contribution < -0.4 is 5.56 Å². The van der Waals surface area contributed by atoms with Gasteiger partial charge < -0.3 is 14.6 Å². The zero-order chi connectivity index (χ0) is 21.5. The fourth-order valence-electron chi connectivity index (χ4n) is 3.78. The number of aromatic nitrogens is 1. The first-order valence-corrected chi connectivity index (χ1v) is 10.3. The second-order valence-electron chi connectivity index (χ2n) is 7.48. The molecule has 0 saturated carbocycles. The van der Waals surface area contributed by atoms with E-state index in [2.05, 4.69) is 12.1 Å². The molecule has 3 aromatic rings. The molecule has 0 fully saturated rings. The lowest BCUT2D eigenvalue weighted by Crippen LogP contribution is -2.34. The average molecular weight is 405 g/mol. The minimum Gasteiger partial charge on any atom is -0.465 e. The number of carboxylic acid groups (broad SMARTS) is 1. The van der Waals surface area contributed by atoms with Crippen molar-refractivity contribution in [2.75, 3.05) is 6.54 Å². The molecule has 156 valence electrons. The second-order valence-corrected chi connectivity index (χ2v) is 7.48. The summed E-state index contributed by atoms with van der Waals surface area (Å²) in [4.78, 5) is 25.1. The van der Waals surface area contributed by atoms with E-state index >= 15 is 0 Å². The smallest absolute Gasteiger partial charge is 0.407 e. The molecule has 0 bridgehead atoms. The van der Waals surface area contributed by atoms with E-state index in [4.69, 9.17) is 0 Å². The van der Waals surface area contributed by atoms with E-state index in [1.54, 1.807) is 22.6 Å². The van der Waals surface area contributed by atoms with Crippen molar-refractivity contribution in [2.45, 2.75) is 32.2 Å². The van der Waals surface area contributed by atoms with Crippen molar-refractivity contribution >= 4 is 6.09 Å². The van der Waals surface area contributed by atoms with Crippen LogP contribution in [0.3, 0.4) is 0 Å². The molecule has 30 heavy (non-hydrogen) atoms. The molecule has 5 nitrogen and oxygen atoms in total. The van der Waals surface area contributed by atoms with Crippen molar-refractivity contribution in [2.24, 2.45) is 7.05 Å². The van der Waals surface area contributed by atoms with Gasteiger partial charge in [-0.15, -0.1) is 0 Å². The maximum Gasteiger partial charge on any atom is 0.407 e. The number of nitrogens with zero attached hydrogens (tertiary/aromatic N) is 2. The highest BCUT2D eigenvalue weighted by molar-refractivity contribution is 5.66. The topological polar surface area (TPSA) is 62.5 Å². The lowest BCUT2D eigenvalue weighted by atomic mass is 9.99. The van der Waals surface area contributed by atoms with E-state index in [-0.39, 0.29) is 11.6 Å². The van der Waals surface area contributed by atoms with Crippen molar-refractivity contribution in [3.63, 3.8) is 0 Å². The van der Waals surface area contributed by atoms with Crippen LogP contribution in [0.25, 0.3) is 11.1 Å². The minimum atomic E-state index is -0.892. The SMILES string of the molecule is CC[C@@H](c1ccc(-c2ccc(=O)n(C)c2)cc1)N(CCCc1ccccc1)C(=O)O. The molecule has 0 radical (unpaired) electrons. The predicted molar refractivity (Wildman–Crippen MR) is 120 cm³/mol. The molecule has 0 aliphatic carbocycles. The summed E-state index contributed by atoms with van der Waals surface area (Å²) in [5, 5.41) is 9.82. The van der Waals surface area contributed by atoms with Crippen molar-refractivity contribution in [1.82, 2.24) is 9.47 Å². The molecule has 1 aromatic heterocycles. The van der Waals surface area contributed by atoms with Gasteiger partial charge in [-0.1, -0.05) is 61.5 Å². The van der Waals surface area contributed by atoms with Crippen LogP contribution in [0.5, 0.6) is 0 Å². The van der Waals surface area contributed by atoms with Gasteiger partial charge in [0.1, 0.15) is 0 Å². The van der Waals surface area contributed by atoms with Crippen LogP contribution in [0.15, 0.2) is 77.7 Å². The average Bonchev–Trinajstić information content (AvgIpc) is 2.76. The summed E-state index contributed by atoms with van der Waals surface area (Å²) in [7, 11) is 1.73. The quantitative estimate of drug-likeness (QED) is 0.567. The molecule has 1 heterocycles. The molecule has 0 aliphatic heterocycles. The van der Waals surface area contributed by atoms with Crippen molar-refractivity contribution in [3.8, 4) is 11.1 Å². The van der Waals surface area contributed by atoms with Crippen LogP contribution in [0, 0.1) is 0 Å². The third-order valence-electron chi connectivity index (χ3n) is 5.43. The molecular weight excluding hydrogens is 376 g/mol. The first-order chi connectivity index (χ1) is 14.5. The standard InChI is InChI=1S/C25H28N2O3/c1-3-23(27(25(29)30)17-7-10-19-8-5-4-6-9-19)21-13-11-20(12-14-21)22-15-16-24(28)26(2)18-22/h4-6,8-9,11-16,18,23H,3,7,10,17H2,1-2H3,(H,29,30)/t23-/m0/s1. The fourth-order valence-corrected chi connectivity index (χ4v) is 3.78. The highest BCUT2D eigenvalue weighted by Gasteiger charge is 2.23. The van der Waals surface area contributed by atoms with E-state index in [0.717, 1.165) is 29.5 Å². The zero-order valence-corrected chi connectivity index (χ0v) is 17.5. The van der Waals surface area contributed by atoms with Crippen molar-refractivity contribution in [3.05, 3.63) is 94.4 Å². The molecule has 3 rings (SSSR count). The Hall–Kier alpha value is -3.34. The number of pyridine rings is 1. The van der Waals surface area contributed by atoms with Gasteiger partial charge in [0.05, 0.1) is 6.04 Å². The summed E-state index contributed by atoms with van der Waals surface area (Å²) in [6, 6.07) is 21.3. The Kier molecular flexibility index (Phi) is 7.07. The number of hydrogen-bond donors (Lipinski definition) is 1. The van der Waals surface area contributed by atoms with Crippen LogP contribution in [0.2, 0.25) is 0 Å². The number of hydrogen-bond acceptors (Lipinski definition) is 2. The molecule has 0 spiro atoms. The maximum atomic E-state index is 12.0. The lowest BCUT2D eigenvalue weighted by molar-refractivity contribution is 0.122. The van der Waals surface area contributed by atoms with Gasteiger partial charge in [0.2, 0.25) is 5.56 Å². The Morgan fingerprint density at radius 2 is 1.67 bits per heavy atom. The largest absolute Gasteiger partial charge is 0.465 e. The van der Waals surface area contributed by atoms with Gasteiger partial charge in [-0.3, -0.25) is 4.79 Å². The van der Waals surface area contributed by atoms with Crippen molar-refractivity contribution in [1.29, 1.82) is 0 Å². The number of aryl methyl sites for hydroxylation is 2. The molecule has 1 amide bonds. The first kappa shape index (κ1) is 21.4. The van der Waals surface area contributed by atoms with Crippen LogP contribution >= 0.6 is 0 Å². The number of carbonyl (C=O) groups is 1. The zero-order valence-electron chi connectivity index (χ0n) is 17.5. The Morgan fingerprint density at radius 3 is 2.27 bits per heavy atom. The molecule has 2 aromatic carbocycles. The van der Waals surface area contributed by atoms with Gasteiger partial charge in [0.15, 0.2) is 0 Å². The van der Waals surface area contributed by atoms with Crippen molar-refractivity contribution < 1.29 is 9.90 Å². The van der Waals surface area contributed by atoms with Crippen LogP contribution in [-0.4, -0.2) is 27.2 Å². The normalized spacial score (nSPS) is 11.8. The molecule has 0 unspecified atom stereocenters. The van der Waals surface area contributed by atoms with Crippen LogP contribution in [0.4, 0.5) is 4.79 Å². The summed E-state index contributed by atoms with van der Waals surface area (Å²) in [6.07, 6.45) is 3.26. The highest BCUT2D eigenvalue weighted by Crippen LogP contribution is 2.27. The summed E-state index contributed by atoms with van der Waals surface area (Å²) in [5.41, 5.74) is 4.10. The van der Waals surface area contributed by atoms with E-state index in [1.807, 2.05) is 61.7 Å². The molecule has 1 N–H and O–H groups in total. The fraction of sp³-hybridized carbons (Fsp3) is 0.280. The Balaban J connectivity index is 1.73. The molecule has 5 heteroatoms. The van der Waals surface area contributed by atoms with Gasteiger partial charge in [-0.05, 0) is 47.6 Å². The summed E-state index contributed by atoms with van der Waals surface area (Å²) < 4.78 is 1.55. The Morgan fingerprint density at radius 1 is 1.00 bits per heavy atom. The number of rotatable bonds is 8. The second kappa shape index (κ2) is 9.92. The third kappa shape index (κ3) is 5.17. The minimum absolute atomic E-state index is 0.0472. The van der Waals surface area contributed by atoms with E-state index < -0.39 is 6.09 Å². The van der Waals surface area contributed by atoms with Gasteiger partial charge in [0, 0.05) is 25.9 Å². The monoisotopic (exact) mass is 404 g/mol. The summed E-state index contributed by atoms with van der Waals surface area (Å²) in [5.74, 6) is 0. The molecule has 1 atom stereocenters. The molecule has 0 saturated heterocycles. The van der Waals surface area contributed by atoms with E-state index in [9.17, 15) is 14.7 Å². The van der Waals surface area contributed by atoms with Crippen LogP contribution in [0.1, 0.15) is 36.9 Å². The Labute approximate surface area is 177 Å². The van der Waals surface area contributed by atoms with Gasteiger partial charge in [-0.25, -0.2) is 4.79 Å². The lowest BCUT2D eigenvalue weighted by Gasteiger charge is -2.29. The predicted octanol–water partition coefficient (Wildman–Crippen LogP) is 5.12. The number of benzene rings is 2. The van der Waals surface area contributed by atoms with Gasteiger partial charge in [0.25, 0.3) is 0 Å². The summed E-state index contributed by atoms with van der Waals surface area (Å²) >= 11 is 0. The molecular formula is C25H28N2O3. The summed E-state index contributed by atoms with van der Waals surface area (Å²) in [6.45, 7) is 2.50. The third-order valence-corrected chi connectivity index (χ3v) is 5.43. The first-order valence-electron chi connectivity index (χ1n) is 10.3. The number of amides is 1. The highest BCUT2D eigenvalue weighted by atomic mass is 16.4. The van der Waals surface area contributed by atoms with E-state index in [0.29, 0.717) is 13.0 Å². The van der Waals surface area contributed by atoms with E-state index in [1.165, 1.54) is 5.56 Å². The van der Waals surface area contributed by atoms with Crippen LogP contribution in [-0.2, 0) is 13.5 Å². The Bertz CT molecular complexity index is 1030.